The molecule has 0 aliphatic rings. The number of benzene rings is 2. The molecule has 2 rings (SSSR count). The van der Waals surface area contributed by atoms with Gasteiger partial charge in [0.15, 0.2) is 17.3 Å². The number of methoxy groups -OCH3 is 1. The van der Waals surface area contributed by atoms with Crippen LogP contribution in [0.2, 0.25) is 0 Å². The third-order valence-corrected chi connectivity index (χ3v) is 2.53. The van der Waals surface area contributed by atoms with Gasteiger partial charge in [-0.2, -0.15) is 0 Å². The van der Waals surface area contributed by atoms with Crippen molar-refractivity contribution in [2.75, 3.05) is 12.8 Å². The van der Waals surface area contributed by atoms with Crippen molar-refractivity contribution >= 4 is 5.69 Å². The Labute approximate surface area is 105 Å². The van der Waals surface area contributed by atoms with Crippen LogP contribution < -0.4 is 15.2 Å². The van der Waals surface area contributed by atoms with Crippen LogP contribution in [0.25, 0.3) is 0 Å². The number of para-hydroxylation sites is 1. The standard InChI is InChI=1S/C14H14FNO2/c1-9-6-7-11(16)13(8-9)18-14-10(15)4-3-5-12(14)17-2/h3-8H,16H2,1-2H3. The summed E-state index contributed by atoms with van der Waals surface area (Å²) in [7, 11) is 1.46. The van der Waals surface area contributed by atoms with E-state index in [0.717, 1.165) is 5.56 Å². The number of halogens is 1. The summed E-state index contributed by atoms with van der Waals surface area (Å²) in [6.07, 6.45) is 0. The van der Waals surface area contributed by atoms with Gasteiger partial charge in [0.05, 0.1) is 12.8 Å². The summed E-state index contributed by atoms with van der Waals surface area (Å²) in [5.74, 6) is 0.293. The molecule has 0 spiro atoms. The monoisotopic (exact) mass is 247 g/mol. The van der Waals surface area contributed by atoms with Crippen LogP contribution in [0.3, 0.4) is 0 Å². The van der Waals surface area contributed by atoms with Crippen LogP contribution >= 0.6 is 0 Å². The van der Waals surface area contributed by atoms with E-state index in [0.29, 0.717) is 17.2 Å². The van der Waals surface area contributed by atoms with E-state index in [4.69, 9.17) is 15.2 Å². The minimum absolute atomic E-state index is 0.0392. The second kappa shape index (κ2) is 4.96. The average Bonchev–Trinajstić information content (AvgIpc) is 2.36. The molecule has 0 unspecified atom stereocenters. The first-order valence-corrected chi connectivity index (χ1v) is 5.48. The molecule has 0 aliphatic carbocycles. The molecule has 18 heavy (non-hydrogen) atoms. The van der Waals surface area contributed by atoms with E-state index in [2.05, 4.69) is 0 Å². The average molecular weight is 247 g/mol. The van der Waals surface area contributed by atoms with Crippen LogP contribution in [0.4, 0.5) is 10.1 Å². The quantitative estimate of drug-likeness (QED) is 0.844. The van der Waals surface area contributed by atoms with Crippen molar-refractivity contribution in [2.24, 2.45) is 0 Å². The summed E-state index contributed by atoms with van der Waals surface area (Å²) in [6.45, 7) is 1.91. The normalized spacial score (nSPS) is 10.2. The molecule has 0 radical (unpaired) electrons. The third kappa shape index (κ3) is 2.37. The summed E-state index contributed by atoms with van der Waals surface area (Å²) >= 11 is 0. The van der Waals surface area contributed by atoms with E-state index >= 15 is 0 Å². The Kier molecular flexibility index (Phi) is 3.37. The van der Waals surface area contributed by atoms with Crippen LogP contribution in [0.1, 0.15) is 5.56 Å². The van der Waals surface area contributed by atoms with Crippen molar-refractivity contribution in [1.29, 1.82) is 0 Å². The maximum absolute atomic E-state index is 13.7. The van der Waals surface area contributed by atoms with Gasteiger partial charge in [-0.3, -0.25) is 0 Å². The highest BCUT2D eigenvalue weighted by Gasteiger charge is 2.13. The van der Waals surface area contributed by atoms with Gasteiger partial charge < -0.3 is 15.2 Å². The van der Waals surface area contributed by atoms with Crippen LogP contribution in [-0.4, -0.2) is 7.11 Å². The van der Waals surface area contributed by atoms with Crippen LogP contribution in [-0.2, 0) is 0 Å². The molecule has 0 saturated carbocycles. The summed E-state index contributed by atoms with van der Waals surface area (Å²) in [5.41, 5.74) is 7.22. The first-order valence-electron chi connectivity index (χ1n) is 5.48. The number of nitrogens with two attached hydrogens (primary N) is 1. The minimum atomic E-state index is -0.491. The molecule has 0 amide bonds. The van der Waals surface area contributed by atoms with Gasteiger partial charge in [0.25, 0.3) is 0 Å². The lowest BCUT2D eigenvalue weighted by molar-refractivity contribution is 0.364. The largest absolute Gasteiger partial charge is 0.493 e. The Morgan fingerprint density at radius 2 is 1.89 bits per heavy atom. The topological polar surface area (TPSA) is 44.5 Å². The molecular formula is C14H14FNO2. The lowest BCUT2D eigenvalue weighted by atomic mass is 10.2. The number of hydrogen-bond acceptors (Lipinski definition) is 3. The van der Waals surface area contributed by atoms with Crippen molar-refractivity contribution < 1.29 is 13.9 Å². The smallest absolute Gasteiger partial charge is 0.204 e. The van der Waals surface area contributed by atoms with Gasteiger partial charge >= 0.3 is 0 Å². The second-order valence-corrected chi connectivity index (χ2v) is 3.91. The van der Waals surface area contributed by atoms with E-state index in [1.807, 2.05) is 13.0 Å². The molecular weight excluding hydrogens is 233 g/mol. The molecule has 0 heterocycles. The van der Waals surface area contributed by atoms with Crippen molar-refractivity contribution in [3.05, 3.63) is 47.8 Å². The number of aryl methyl sites for hydroxylation is 1. The van der Waals surface area contributed by atoms with E-state index in [9.17, 15) is 4.39 Å². The van der Waals surface area contributed by atoms with Gasteiger partial charge in [-0.15, -0.1) is 0 Å². The molecule has 2 N–H and O–H groups in total. The van der Waals surface area contributed by atoms with Gasteiger partial charge in [-0.1, -0.05) is 12.1 Å². The van der Waals surface area contributed by atoms with Crippen molar-refractivity contribution in [3.8, 4) is 17.2 Å². The van der Waals surface area contributed by atoms with Crippen LogP contribution in [0.5, 0.6) is 17.2 Å². The fourth-order valence-electron chi connectivity index (χ4n) is 1.59. The molecule has 0 atom stereocenters. The van der Waals surface area contributed by atoms with Gasteiger partial charge in [-0.25, -0.2) is 4.39 Å². The summed E-state index contributed by atoms with van der Waals surface area (Å²) in [5, 5.41) is 0. The Morgan fingerprint density at radius 3 is 2.61 bits per heavy atom. The van der Waals surface area contributed by atoms with E-state index in [1.165, 1.54) is 13.2 Å². The molecule has 0 aliphatic heterocycles. The van der Waals surface area contributed by atoms with Crippen molar-refractivity contribution in [2.45, 2.75) is 6.92 Å². The Morgan fingerprint density at radius 1 is 1.11 bits per heavy atom. The first-order chi connectivity index (χ1) is 8.61. The first kappa shape index (κ1) is 12.2. The maximum Gasteiger partial charge on any atom is 0.204 e. The number of anilines is 1. The number of ether oxygens (including phenoxy) is 2. The lowest BCUT2D eigenvalue weighted by Crippen LogP contribution is -1.96. The fourth-order valence-corrected chi connectivity index (χ4v) is 1.59. The molecule has 0 aromatic heterocycles. The van der Waals surface area contributed by atoms with Crippen molar-refractivity contribution in [1.82, 2.24) is 0 Å². The highest BCUT2D eigenvalue weighted by Crippen LogP contribution is 2.36. The molecule has 94 valence electrons. The van der Waals surface area contributed by atoms with Gasteiger partial charge in [0, 0.05) is 0 Å². The Balaban J connectivity index is 2.42. The van der Waals surface area contributed by atoms with Crippen molar-refractivity contribution in [3.63, 3.8) is 0 Å². The molecule has 2 aromatic carbocycles. The predicted octanol–water partition coefficient (Wildman–Crippen LogP) is 3.52. The summed E-state index contributed by atoms with van der Waals surface area (Å²) < 4.78 is 24.3. The van der Waals surface area contributed by atoms with Crippen LogP contribution in [0.15, 0.2) is 36.4 Å². The van der Waals surface area contributed by atoms with E-state index in [1.54, 1.807) is 24.3 Å². The Hall–Kier alpha value is -2.23. The number of nitrogen functional groups attached to an aromatic ring is 1. The fraction of sp³-hybridized carbons (Fsp3) is 0.143. The highest BCUT2D eigenvalue weighted by molar-refractivity contribution is 5.56. The minimum Gasteiger partial charge on any atom is -0.493 e. The predicted molar refractivity (Wildman–Crippen MR) is 68.6 cm³/mol. The van der Waals surface area contributed by atoms with E-state index in [-0.39, 0.29) is 5.75 Å². The highest BCUT2D eigenvalue weighted by atomic mass is 19.1. The SMILES string of the molecule is COc1cccc(F)c1Oc1cc(C)ccc1N. The number of rotatable bonds is 3. The third-order valence-electron chi connectivity index (χ3n) is 2.53. The van der Waals surface area contributed by atoms with Gasteiger partial charge in [0.2, 0.25) is 5.75 Å². The molecule has 0 fully saturated rings. The zero-order valence-electron chi connectivity index (χ0n) is 10.2. The molecule has 0 saturated heterocycles. The van der Waals surface area contributed by atoms with E-state index < -0.39 is 5.82 Å². The second-order valence-electron chi connectivity index (χ2n) is 3.91. The van der Waals surface area contributed by atoms with Crippen LogP contribution in [0, 0.1) is 12.7 Å². The lowest BCUT2D eigenvalue weighted by Gasteiger charge is -2.12. The summed E-state index contributed by atoms with van der Waals surface area (Å²) in [4.78, 5) is 0. The summed E-state index contributed by atoms with van der Waals surface area (Å²) in [6, 6.07) is 9.83. The molecule has 4 heteroatoms. The molecule has 2 aromatic rings. The maximum atomic E-state index is 13.7. The Bertz CT molecular complexity index is 570. The zero-order chi connectivity index (χ0) is 13.1. The molecule has 0 bridgehead atoms. The zero-order valence-corrected chi connectivity index (χ0v) is 10.2. The molecule has 3 nitrogen and oxygen atoms in total. The van der Waals surface area contributed by atoms with Gasteiger partial charge in [-0.05, 0) is 36.8 Å². The number of hydrogen-bond donors (Lipinski definition) is 1. The van der Waals surface area contributed by atoms with Gasteiger partial charge in [0.1, 0.15) is 0 Å².